The quantitative estimate of drug-likeness (QED) is 0.727. The molecule has 150 valence electrons. The van der Waals surface area contributed by atoms with Crippen molar-refractivity contribution in [3.05, 3.63) is 52.9 Å². The van der Waals surface area contributed by atoms with E-state index in [1.54, 1.807) is 43.5 Å². The highest BCUT2D eigenvalue weighted by molar-refractivity contribution is 5.91. The molecule has 2 aromatic heterocycles. The number of hydrogen-bond donors (Lipinski definition) is 1. The molecule has 0 spiro atoms. The van der Waals surface area contributed by atoms with Gasteiger partial charge < -0.3 is 19.9 Å². The lowest BCUT2D eigenvalue weighted by atomic mass is 10.3. The van der Waals surface area contributed by atoms with E-state index in [1.807, 2.05) is 23.1 Å². The third-order valence-corrected chi connectivity index (χ3v) is 5.02. The van der Waals surface area contributed by atoms with Crippen LogP contribution >= 0.6 is 0 Å². The van der Waals surface area contributed by atoms with Crippen LogP contribution in [0, 0.1) is 0 Å². The molecule has 4 rings (SSSR count). The molecule has 1 aromatic carbocycles. The second-order valence-electron chi connectivity index (χ2n) is 6.75. The van der Waals surface area contributed by atoms with E-state index >= 15 is 0 Å². The van der Waals surface area contributed by atoms with E-state index in [0.29, 0.717) is 54.6 Å². The third kappa shape index (κ3) is 3.58. The normalized spacial score (nSPS) is 14.1. The molecule has 3 aromatic rings. The largest absolute Gasteiger partial charge is 0.495 e. The van der Waals surface area contributed by atoms with E-state index in [0.717, 1.165) is 0 Å². The van der Waals surface area contributed by atoms with E-state index in [9.17, 15) is 9.59 Å². The fourth-order valence-electron chi connectivity index (χ4n) is 3.41. The first-order chi connectivity index (χ1) is 14.1. The smallest absolute Gasteiger partial charge is 0.322 e. The lowest BCUT2D eigenvalue weighted by molar-refractivity contribution is 0.208. The maximum absolute atomic E-state index is 12.7. The Morgan fingerprint density at radius 3 is 2.62 bits per heavy atom. The summed E-state index contributed by atoms with van der Waals surface area (Å²) in [5, 5.41) is 2.88. The standard InChI is InChI=1S/C20H22N6O3/c1-24-17-15(7-5-9-21-17)22-18(19(24)27)25-10-12-26(13-11-25)20(28)23-14-6-3-4-8-16(14)29-2/h3-9H,10-13H2,1-2H3,(H,23,28). The number of urea groups is 1. The summed E-state index contributed by atoms with van der Waals surface area (Å²) in [6, 6.07) is 10.7. The molecule has 0 aliphatic carbocycles. The zero-order chi connectivity index (χ0) is 20.4. The summed E-state index contributed by atoms with van der Waals surface area (Å²) >= 11 is 0. The Labute approximate surface area is 167 Å². The molecular weight excluding hydrogens is 372 g/mol. The summed E-state index contributed by atoms with van der Waals surface area (Å²) < 4.78 is 6.79. The first-order valence-corrected chi connectivity index (χ1v) is 9.34. The molecule has 1 saturated heterocycles. The van der Waals surface area contributed by atoms with E-state index in [4.69, 9.17) is 4.74 Å². The fraction of sp³-hybridized carbons (Fsp3) is 0.300. The second kappa shape index (κ2) is 7.78. The highest BCUT2D eigenvalue weighted by Crippen LogP contribution is 2.23. The first-order valence-electron chi connectivity index (χ1n) is 9.34. The Balaban J connectivity index is 1.47. The number of anilines is 2. The molecule has 2 amide bonds. The van der Waals surface area contributed by atoms with Crippen molar-refractivity contribution < 1.29 is 9.53 Å². The average molecular weight is 394 g/mol. The Bertz CT molecular complexity index is 1100. The van der Waals surface area contributed by atoms with Crippen molar-refractivity contribution in [2.75, 3.05) is 43.5 Å². The molecule has 0 saturated carbocycles. The summed E-state index contributed by atoms with van der Waals surface area (Å²) in [6.07, 6.45) is 1.64. The number of hydrogen-bond acceptors (Lipinski definition) is 6. The molecule has 1 aliphatic rings. The van der Waals surface area contributed by atoms with Crippen molar-refractivity contribution in [3.63, 3.8) is 0 Å². The monoisotopic (exact) mass is 394 g/mol. The van der Waals surface area contributed by atoms with Crippen LogP contribution in [0.3, 0.4) is 0 Å². The van der Waals surface area contributed by atoms with Crippen LogP contribution in [-0.4, -0.2) is 58.8 Å². The molecule has 0 radical (unpaired) electrons. The van der Waals surface area contributed by atoms with Gasteiger partial charge in [-0.25, -0.2) is 14.8 Å². The number of rotatable bonds is 3. The molecule has 9 nitrogen and oxygen atoms in total. The molecule has 1 fully saturated rings. The molecule has 3 heterocycles. The highest BCUT2D eigenvalue weighted by atomic mass is 16.5. The summed E-state index contributed by atoms with van der Waals surface area (Å²) in [6.45, 7) is 2.01. The van der Waals surface area contributed by atoms with Gasteiger partial charge in [0.1, 0.15) is 11.3 Å². The Morgan fingerprint density at radius 2 is 1.86 bits per heavy atom. The van der Waals surface area contributed by atoms with Gasteiger partial charge >= 0.3 is 6.03 Å². The van der Waals surface area contributed by atoms with Crippen LogP contribution in [-0.2, 0) is 7.05 Å². The van der Waals surface area contributed by atoms with E-state index in [2.05, 4.69) is 15.3 Å². The van der Waals surface area contributed by atoms with Crippen molar-refractivity contribution in [2.24, 2.45) is 7.05 Å². The summed E-state index contributed by atoms with van der Waals surface area (Å²) in [7, 11) is 3.26. The van der Waals surface area contributed by atoms with Gasteiger partial charge in [0.15, 0.2) is 11.5 Å². The highest BCUT2D eigenvalue weighted by Gasteiger charge is 2.25. The number of para-hydroxylation sites is 2. The van der Waals surface area contributed by atoms with Crippen LogP contribution in [0.5, 0.6) is 5.75 Å². The number of pyridine rings is 1. The second-order valence-corrected chi connectivity index (χ2v) is 6.75. The number of amides is 2. The third-order valence-electron chi connectivity index (χ3n) is 5.02. The Hall–Kier alpha value is -3.62. The lowest BCUT2D eigenvalue weighted by Crippen LogP contribution is -2.51. The van der Waals surface area contributed by atoms with Crippen LogP contribution in [0.25, 0.3) is 11.2 Å². The first kappa shape index (κ1) is 18.7. The Kier molecular flexibility index (Phi) is 5.03. The van der Waals surface area contributed by atoms with Crippen molar-refractivity contribution in [2.45, 2.75) is 0 Å². The number of nitrogens with zero attached hydrogens (tertiary/aromatic N) is 5. The zero-order valence-corrected chi connectivity index (χ0v) is 16.3. The van der Waals surface area contributed by atoms with Crippen molar-refractivity contribution >= 4 is 28.7 Å². The maximum atomic E-state index is 12.7. The van der Waals surface area contributed by atoms with Crippen LogP contribution in [0.2, 0.25) is 0 Å². The van der Waals surface area contributed by atoms with E-state index < -0.39 is 0 Å². The lowest BCUT2D eigenvalue weighted by Gasteiger charge is -2.35. The molecule has 9 heteroatoms. The maximum Gasteiger partial charge on any atom is 0.322 e. The molecular formula is C20H22N6O3. The summed E-state index contributed by atoms with van der Waals surface area (Å²) in [5.74, 6) is 0.995. The fourth-order valence-corrected chi connectivity index (χ4v) is 3.41. The van der Waals surface area contributed by atoms with Crippen molar-refractivity contribution in [3.8, 4) is 5.75 Å². The predicted octanol–water partition coefficient (Wildman–Crippen LogP) is 1.69. The predicted molar refractivity (Wildman–Crippen MR) is 111 cm³/mol. The van der Waals surface area contributed by atoms with Crippen LogP contribution in [0.1, 0.15) is 0 Å². The van der Waals surface area contributed by atoms with Gasteiger partial charge in [-0.3, -0.25) is 9.36 Å². The van der Waals surface area contributed by atoms with Gasteiger partial charge in [-0.15, -0.1) is 0 Å². The number of ether oxygens (including phenoxy) is 1. The minimum atomic E-state index is -0.197. The van der Waals surface area contributed by atoms with Gasteiger partial charge in [-0.1, -0.05) is 12.1 Å². The average Bonchev–Trinajstić information content (AvgIpc) is 2.77. The number of fused-ring (bicyclic) bond motifs is 1. The number of piperazine rings is 1. The number of aryl methyl sites for hydroxylation is 1. The van der Waals surface area contributed by atoms with Gasteiger partial charge in [0, 0.05) is 39.4 Å². The van der Waals surface area contributed by atoms with Gasteiger partial charge in [-0.2, -0.15) is 0 Å². The molecule has 1 N–H and O–H groups in total. The van der Waals surface area contributed by atoms with Crippen molar-refractivity contribution in [1.82, 2.24) is 19.4 Å². The molecule has 0 atom stereocenters. The van der Waals surface area contributed by atoms with Crippen LogP contribution in [0.15, 0.2) is 47.4 Å². The zero-order valence-electron chi connectivity index (χ0n) is 16.3. The minimum absolute atomic E-state index is 0.192. The molecule has 0 bridgehead atoms. The number of carbonyl (C=O) groups excluding carboxylic acids is 1. The number of methoxy groups -OCH3 is 1. The number of carbonyl (C=O) groups is 1. The number of aromatic nitrogens is 3. The van der Waals surface area contributed by atoms with Crippen LogP contribution < -0.4 is 20.5 Å². The van der Waals surface area contributed by atoms with Crippen LogP contribution in [0.4, 0.5) is 16.3 Å². The Morgan fingerprint density at radius 1 is 1.10 bits per heavy atom. The summed E-state index contributed by atoms with van der Waals surface area (Å²) in [5.41, 5.74) is 1.65. The minimum Gasteiger partial charge on any atom is -0.495 e. The molecule has 1 aliphatic heterocycles. The SMILES string of the molecule is COc1ccccc1NC(=O)N1CCN(c2nc3cccnc3n(C)c2=O)CC1. The van der Waals surface area contributed by atoms with Gasteiger partial charge in [0.25, 0.3) is 5.56 Å². The van der Waals surface area contributed by atoms with Gasteiger partial charge in [-0.05, 0) is 24.3 Å². The van der Waals surface area contributed by atoms with Crippen molar-refractivity contribution in [1.29, 1.82) is 0 Å². The summed E-state index contributed by atoms with van der Waals surface area (Å²) in [4.78, 5) is 37.7. The van der Waals surface area contributed by atoms with Gasteiger partial charge in [0.05, 0.1) is 12.8 Å². The number of benzene rings is 1. The molecule has 29 heavy (non-hydrogen) atoms. The number of nitrogens with one attached hydrogen (secondary N) is 1. The van der Waals surface area contributed by atoms with Gasteiger partial charge in [0.2, 0.25) is 0 Å². The van der Waals surface area contributed by atoms with E-state index in [-0.39, 0.29) is 11.6 Å². The van der Waals surface area contributed by atoms with E-state index in [1.165, 1.54) is 4.57 Å². The topological polar surface area (TPSA) is 92.6 Å². The molecule has 0 unspecified atom stereocenters.